The topological polar surface area (TPSA) is 28.2 Å². The molecule has 0 spiro atoms. The van der Waals surface area contributed by atoms with E-state index in [1.165, 1.54) is 22.1 Å². The molecule has 3 nitrogen and oxygen atoms in total. The Hall–Kier alpha value is -0.610. The van der Waals surface area contributed by atoms with Crippen molar-refractivity contribution in [1.29, 1.82) is 0 Å². The van der Waals surface area contributed by atoms with Gasteiger partial charge in [-0.25, -0.2) is 4.98 Å². The third-order valence-electron chi connectivity index (χ3n) is 4.56. The molecule has 1 saturated heterocycles. The summed E-state index contributed by atoms with van der Waals surface area (Å²) in [7, 11) is 0. The molecule has 4 heteroatoms. The second kappa shape index (κ2) is 7.10. The van der Waals surface area contributed by atoms with Crippen LogP contribution in [0.5, 0.6) is 0 Å². The van der Waals surface area contributed by atoms with Gasteiger partial charge in [-0.3, -0.25) is 0 Å². The minimum Gasteiger partial charge on any atom is -0.345 e. The van der Waals surface area contributed by atoms with E-state index >= 15 is 0 Å². The van der Waals surface area contributed by atoms with Gasteiger partial charge in [-0.2, -0.15) is 0 Å². The molecule has 3 atom stereocenters. The smallest absolute Gasteiger partial charge is 0.186 e. The second-order valence-electron chi connectivity index (χ2n) is 7.24. The summed E-state index contributed by atoms with van der Waals surface area (Å²) in [5.41, 5.74) is 1.20. The molecule has 0 amide bonds. The third-order valence-corrected chi connectivity index (χ3v) is 5.76. The summed E-state index contributed by atoms with van der Waals surface area (Å²) in [5.74, 6) is 2.21. The average Bonchev–Trinajstić information content (AvgIpc) is 2.75. The fourth-order valence-electron chi connectivity index (χ4n) is 3.14. The van der Waals surface area contributed by atoms with E-state index < -0.39 is 0 Å². The standard InChI is InChI=1S/C17H31N3S/c1-11(2)8-18-9-16-14(5)19-17(21-16)20-10-12(3)7-13(4)15(20)6/h11-13,15,18H,7-10H2,1-6H3. The van der Waals surface area contributed by atoms with Crippen molar-refractivity contribution < 1.29 is 0 Å². The highest BCUT2D eigenvalue weighted by molar-refractivity contribution is 7.15. The van der Waals surface area contributed by atoms with Crippen LogP contribution in [0.4, 0.5) is 5.13 Å². The summed E-state index contributed by atoms with van der Waals surface area (Å²) in [4.78, 5) is 8.78. The Balaban J connectivity index is 2.06. The van der Waals surface area contributed by atoms with Gasteiger partial charge in [0.1, 0.15) is 0 Å². The Morgan fingerprint density at radius 3 is 2.71 bits per heavy atom. The number of rotatable bonds is 5. The zero-order valence-electron chi connectivity index (χ0n) is 14.4. The van der Waals surface area contributed by atoms with Gasteiger partial charge in [0, 0.05) is 24.0 Å². The van der Waals surface area contributed by atoms with Gasteiger partial charge in [-0.05, 0) is 44.6 Å². The molecule has 1 N–H and O–H groups in total. The predicted octanol–water partition coefficient (Wildman–Crippen LogP) is 4.07. The van der Waals surface area contributed by atoms with E-state index in [2.05, 4.69) is 51.8 Å². The minimum atomic E-state index is 0.600. The fraction of sp³-hybridized carbons (Fsp3) is 0.824. The molecule has 1 fully saturated rings. The van der Waals surface area contributed by atoms with Crippen LogP contribution in [0.15, 0.2) is 0 Å². The van der Waals surface area contributed by atoms with Crippen molar-refractivity contribution >= 4 is 16.5 Å². The lowest BCUT2D eigenvalue weighted by Crippen LogP contribution is -2.45. The number of piperidine rings is 1. The predicted molar refractivity (Wildman–Crippen MR) is 93.1 cm³/mol. The van der Waals surface area contributed by atoms with Crippen LogP contribution in [0.3, 0.4) is 0 Å². The summed E-state index contributed by atoms with van der Waals surface area (Å²) < 4.78 is 0. The Morgan fingerprint density at radius 2 is 2.05 bits per heavy atom. The van der Waals surface area contributed by atoms with Crippen molar-refractivity contribution in [2.45, 2.75) is 60.5 Å². The van der Waals surface area contributed by atoms with Crippen molar-refractivity contribution in [3.05, 3.63) is 10.6 Å². The highest BCUT2D eigenvalue weighted by Crippen LogP contribution is 2.34. The number of hydrogen-bond acceptors (Lipinski definition) is 4. The van der Waals surface area contributed by atoms with Gasteiger partial charge >= 0.3 is 0 Å². The van der Waals surface area contributed by atoms with E-state index in [0.29, 0.717) is 12.0 Å². The van der Waals surface area contributed by atoms with Crippen LogP contribution in [0.1, 0.15) is 51.6 Å². The molecule has 1 aliphatic heterocycles. The molecule has 0 aromatic carbocycles. The molecule has 2 rings (SSSR count). The molecule has 0 saturated carbocycles. The zero-order valence-corrected chi connectivity index (χ0v) is 15.3. The van der Waals surface area contributed by atoms with Crippen molar-refractivity contribution in [1.82, 2.24) is 10.3 Å². The molecule has 0 radical (unpaired) electrons. The molecular formula is C17H31N3S. The molecule has 1 aromatic heterocycles. The molecule has 21 heavy (non-hydrogen) atoms. The number of nitrogens with zero attached hydrogens (tertiary/aromatic N) is 2. The van der Waals surface area contributed by atoms with E-state index in [0.717, 1.165) is 31.5 Å². The van der Waals surface area contributed by atoms with Gasteiger partial charge in [0.2, 0.25) is 0 Å². The molecular weight excluding hydrogens is 278 g/mol. The van der Waals surface area contributed by atoms with Crippen LogP contribution in [0.2, 0.25) is 0 Å². The zero-order chi connectivity index (χ0) is 15.6. The van der Waals surface area contributed by atoms with Crippen LogP contribution in [-0.4, -0.2) is 24.1 Å². The van der Waals surface area contributed by atoms with Crippen molar-refractivity contribution in [3.8, 4) is 0 Å². The van der Waals surface area contributed by atoms with Crippen LogP contribution in [-0.2, 0) is 6.54 Å². The fourth-order valence-corrected chi connectivity index (χ4v) is 4.27. The van der Waals surface area contributed by atoms with Crippen LogP contribution in [0, 0.1) is 24.7 Å². The Bertz CT molecular complexity index is 455. The van der Waals surface area contributed by atoms with Gasteiger partial charge < -0.3 is 10.2 Å². The molecule has 0 aliphatic carbocycles. The molecule has 3 unspecified atom stereocenters. The summed E-state index contributed by atoms with van der Waals surface area (Å²) in [5, 5.41) is 4.76. The lowest BCUT2D eigenvalue weighted by molar-refractivity contribution is 0.297. The summed E-state index contributed by atoms with van der Waals surface area (Å²) >= 11 is 1.88. The van der Waals surface area contributed by atoms with E-state index in [1.807, 2.05) is 11.3 Å². The normalized spacial score (nSPS) is 26.6. The molecule has 120 valence electrons. The number of thiazole rings is 1. The maximum Gasteiger partial charge on any atom is 0.186 e. The van der Waals surface area contributed by atoms with E-state index in [-0.39, 0.29) is 0 Å². The first kappa shape index (κ1) is 16.8. The van der Waals surface area contributed by atoms with Crippen LogP contribution in [0.25, 0.3) is 0 Å². The van der Waals surface area contributed by atoms with E-state index in [1.54, 1.807) is 0 Å². The third kappa shape index (κ3) is 4.19. The Kier molecular flexibility index (Phi) is 5.67. The van der Waals surface area contributed by atoms with Gasteiger partial charge in [0.05, 0.1) is 5.69 Å². The van der Waals surface area contributed by atoms with Gasteiger partial charge in [0.25, 0.3) is 0 Å². The van der Waals surface area contributed by atoms with Gasteiger partial charge in [-0.15, -0.1) is 11.3 Å². The molecule has 1 aliphatic rings. The Morgan fingerprint density at radius 1 is 1.33 bits per heavy atom. The maximum absolute atomic E-state index is 4.86. The van der Waals surface area contributed by atoms with Crippen LogP contribution < -0.4 is 10.2 Å². The first-order chi connectivity index (χ1) is 9.88. The molecule has 1 aromatic rings. The number of hydrogen-bond donors (Lipinski definition) is 1. The largest absolute Gasteiger partial charge is 0.345 e. The van der Waals surface area contributed by atoms with Gasteiger partial charge in [0.15, 0.2) is 5.13 Å². The molecule has 2 heterocycles. The number of anilines is 1. The second-order valence-corrected chi connectivity index (χ2v) is 8.30. The van der Waals surface area contributed by atoms with Gasteiger partial charge in [-0.1, -0.05) is 27.7 Å². The van der Waals surface area contributed by atoms with Crippen molar-refractivity contribution in [3.63, 3.8) is 0 Å². The van der Waals surface area contributed by atoms with E-state index in [4.69, 9.17) is 4.98 Å². The number of aromatic nitrogens is 1. The highest BCUT2D eigenvalue weighted by atomic mass is 32.1. The lowest BCUT2D eigenvalue weighted by atomic mass is 9.86. The van der Waals surface area contributed by atoms with E-state index in [9.17, 15) is 0 Å². The first-order valence-corrected chi connectivity index (χ1v) is 9.13. The van der Waals surface area contributed by atoms with Crippen molar-refractivity contribution in [2.24, 2.45) is 17.8 Å². The minimum absolute atomic E-state index is 0.600. The number of nitrogens with one attached hydrogen (secondary N) is 1. The monoisotopic (exact) mass is 309 g/mol. The summed E-state index contributed by atoms with van der Waals surface area (Å²) in [6.45, 7) is 16.9. The number of aryl methyl sites for hydroxylation is 1. The quantitative estimate of drug-likeness (QED) is 0.888. The average molecular weight is 310 g/mol. The lowest BCUT2D eigenvalue weighted by Gasteiger charge is -2.41. The highest BCUT2D eigenvalue weighted by Gasteiger charge is 2.30. The summed E-state index contributed by atoms with van der Waals surface area (Å²) in [6, 6.07) is 0.600. The van der Waals surface area contributed by atoms with Crippen molar-refractivity contribution in [2.75, 3.05) is 18.0 Å². The van der Waals surface area contributed by atoms with Crippen LogP contribution >= 0.6 is 11.3 Å². The SMILES string of the molecule is Cc1nc(N2CC(C)CC(C)C2C)sc1CNCC(C)C. The molecule has 0 bridgehead atoms. The first-order valence-electron chi connectivity index (χ1n) is 8.32. The summed E-state index contributed by atoms with van der Waals surface area (Å²) in [6.07, 6.45) is 1.34. The Labute approximate surface area is 134 Å². The maximum atomic E-state index is 4.86.